The molecular formula is C15H19N3O2. The lowest BCUT2D eigenvalue weighted by molar-refractivity contribution is -0.154. The number of aromatic nitrogens is 1. The maximum atomic E-state index is 12.2. The minimum Gasteiger partial charge on any atom is -0.466 e. The van der Waals surface area contributed by atoms with E-state index in [1.54, 1.807) is 18.2 Å². The van der Waals surface area contributed by atoms with Crippen LogP contribution in [0.2, 0.25) is 0 Å². The molecule has 1 saturated carbocycles. The van der Waals surface area contributed by atoms with Gasteiger partial charge >= 0.3 is 5.97 Å². The number of ether oxygens (including phenoxy) is 1. The van der Waals surface area contributed by atoms with Gasteiger partial charge in [0.2, 0.25) is 0 Å². The lowest BCUT2D eigenvalue weighted by Crippen LogP contribution is -2.37. The van der Waals surface area contributed by atoms with Crippen molar-refractivity contribution in [2.75, 3.05) is 18.5 Å². The average Bonchev–Trinajstić information content (AvgIpc) is 2.96. The van der Waals surface area contributed by atoms with Crippen molar-refractivity contribution in [3.63, 3.8) is 0 Å². The Morgan fingerprint density at radius 3 is 2.90 bits per heavy atom. The summed E-state index contributed by atoms with van der Waals surface area (Å²) in [7, 11) is 0. The molecule has 0 atom stereocenters. The number of nitrogens with zero attached hydrogens (tertiary/aromatic N) is 2. The number of carbonyl (C=O) groups is 1. The van der Waals surface area contributed by atoms with Crippen molar-refractivity contribution >= 4 is 11.8 Å². The largest absolute Gasteiger partial charge is 0.466 e. The normalized spacial score (nSPS) is 16.4. The molecule has 1 aromatic heterocycles. The molecule has 1 aliphatic rings. The van der Waals surface area contributed by atoms with Crippen LogP contribution in [0.15, 0.2) is 18.2 Å². The van der Waals surface area contributed by atoms with Crippen molar-refractivity contribution < 1.29 is 9.53 Å². The molecule has 1 aliphatic carbocycles. The molecule has 0 bridgehead atoms. The van der Waals surface area contributed by atoms with Gasteiger partial charge in [-0.2, -0.15) is 5.26 Å². The van der Waals surface area contributed by atoms with Crippen molar-refractivity contribution in [2.24, 2.45) is 5.41 Å². The number of pyridine rings is 1. The number of carbonyl (C=O) groups excluding carboxylic acids is 1. The highest BCUT2D eigenvalue weighted by Gasteiger charge is 2.42. The van der Waals surface area contributed by atoms with Gasteiger partial charge in [-0.15, -0.1) is 0 Å². The first-order valence-electron chi connectivity index (χ1n) is 6.98. The highest BCUT2D eigenvalue weighted by molar-refractivity contribution is 5.78. The standard InChI is InChI=1S/C15H19N3O2/c1-2-20-14(19)15(8-3-4-9-15)11-17-13-7-5-6-12(10-16)18-13/h5-7H,2-4,8-9,11H2,1H3,(H,17,18). The highest BCUT2D eigenvalue weighted by Crippen LogP contribution is 2.39. The van der Waals surface area contributed by atoms with E-state index in [1.807, 2.05) is 13.0 Å². The fraction of sp³-hybridized carbons (Fsp3) is 0.533. The van der Waals surface area contributed by atoms with Crippen LogP contribution in [0.25, 0.3) is 0 Å². The Labute approximate surface area is 119 Å². The van der Waals surface area contributed by atoms with Crippen LogP contribution >= 0.6 is 0 Å². The molecule has 5 nitrogen and oxygen atoms in total. The number of rotatable bonds is 5. The van der Waals surface area contributed by atoms with E-state index in [2.05, 4.69) is 10.3 Å². The first kappa shape index (κ1) is 14.3. The van der Waals surface area contributed by atoms with Gasteiger partial charge in [-0.25, -0.2) is 4.98 Å². The zero-order valence-electron chi connectivity index (χ0n) is 11.7. The summed E-state index contributed by atoms with van der Waals surface area (Å²) < 4.78 is 5.21. The number of nitriles is 1. The summed E-state index contributed by atoms with van der Waals surface area (Å²) in [6, 6.07) is 7.24. The molecule has 20 heavy (non-hydrogen) atoms. The van der Waals surface area contributed by atoms with Crippen molar-refractivity contribution in [1.29, 1.82) is 5.26 Å². The predicted octanol–water partition coefficient (Wildman–Crippen LogP) is 2.49. The molecule has 1 fully saturated rings. The molecule has 106 valence electrons. The second-order valence-electron chi connectivity index (χ2n) is 5.08. The number of hydrogen-bond donors (Lipinski definition) is 1. The minimum atomic E-state index is -0.444. The van der Waals surface area contributed by atoms with E-state index in [0.29, 0.717) is 24.7 Å². The maximum Gasteiger partial charge on any atom is 0.313 e. The summed E-state index contributed by atoms with van der Waals surface area (Å²) in [4.78, 5) is 16.3. The Kier molecular flexibility index (Phi) is 4.57. The monoisotopic (exact) mass is 273 g/mol. The van der Waals surface area contributed by atoms with Crippen LogP contribution in [0, 0.1) is 16.7 Å². The van der Waals surface area contributed by atoms with Gasteiger partial charge in [-0.1, -0.05) is 18.9 Å². The quantitative estimate of drug-likeness (QED) is 0.834. The third-order valence-corrected chi connectivity index (χ3v) is 3.74. The highest BCUT2D eigenvalue weighted by atomic mass is 16.5. The summed E-state index contributed by atoms with van der Waals surface area (Å²) >= 11 is 0. The van der Waals surface area contributed by atoms with Gasteiger partial charge in [0.05, 0.1) is 12.0 Å². The second-order valence-corrected chi connectivity index (χ2v) is 5.08. The van der Waals surface area contributed by atoms with Crippen LogP contribution in [0.5, 0.6) is 0 Å². The third-order valence-electron chi connectivity index (χ3n) is 3.74. The first-order chi connectivity index (χ1) is 9.70. The predicted molar refractivity (Wildman–Crippen MR) is 75.0 cm³/mol. The van der Waals surface area contributed by atoms with Crippen molar-refractivity contribution in [1.82, 2.24) is 4.98 Å². The van der Waals surface area contributed by atoms with Crippen LogP contribution < -0.4 is 5.32 Å². The van der Waals surface area contributed by atoms with E-state index in [1.165, 1.54) is 0 Å². The van der Waals surface area contributed by atoms with Crippen LogP contribution in [-0.4, -0.2) is 24.1 Å². The SMILES string of the molecule is CCOC(=O)C1(CNc2cccc(C#N)n2)CCCC1. The van der Waals surface area contributed by atoms with E-state index in [-0.39, 0.29) is 5.97 Å². The van der Waals surface area contributed by atoms with Gasteiger partial charge < -0.3 is 10.1 Å². The molecule has 0 spiro atoms. The molecule has 0 saturated heterocycles. The van der Waals surface area contributed by atoms with Crippen LogP contribution in [0.3, 0.4) is 0 Å². The molecule has 0 aromatic carbocycles. The molecule has 0 unspecified atom stereocenters. The summed E-state index contributed by atoms with van der Waals surface area (Å²) in [5.74, 6) is 0.501. The van der Waals surface area contributed by atoms with Crippen molar-refractivity contribution in [3.05, 3.63) is 23.9 Å². The van der Waals surface area contributed by atoms with Gasteiger partial charge in [-0.3, -0.25) is 4.79 Å². The molecule has 0 aliphatic heterocycles. The molecule has 1 N–H and O–H groups in total. The van der Waals surface area contributed by atoms with E-state index in [9.17, 15) is 4.79 Å². The van der Waals surface area contributed by atoms with Crippen LogP contribution in [-0.2, 0) is 9.53 Å². The Hall–Kier alpha value is -2.09. The molecule has 0 amide bonds. The second kappa shape index (κ2) is 6.38. The van der Waals surface area contributed by atoms with E-state index in [0.717, 1.165) is 25.7 Å². The Bertz CT molecular complexity index is 516. The van der Waals surface area contributed by atoms with Gasteiger partial charge in [-0.05, 0) is 31.9 Å². The van der Waals surface area contributed by atoms with Gasteiger partial charge in [0, 0.05) is 6.54 Å². The fourth-order valence-corrected chi connectivity index (χ4v) is 2.64. The average molecular weight is 273 g/mol. The summed E-state index contributed by atoms with van der Waals surface area (Å²) in [5.41, 5.74) is -0.0769. The Morgan fingerprint density at radius 2 is 2.25 bits per heavy atom. The zero-order chi connectivity index (χ0) is 14.4. The van der Waals surface area contributed by atoms with E-state index in [4.69, 9.17) is 10.00 Å². The third kappa shape index (κ3) is 3.08. The molecular weight excluding hydrogens is 254 g/mol. The fourth-order valence-electron chi connectivity index (χ4n) is 2.64. The lowest BCUT2D eigenvalue weighted by atomic mass is 9.86. The van der Waals surface area contributed by atoms with E-state index >= 15 is 0 Å². The first-order valence-corrected chi connectivity index (χ1v) is 6.98. The number of hydrogen-bond acceptors (Lipinski definition) is 5. The summed E-state index contributed by atoms with van der Waals surface area (Å²) in [6.45, 7) is 2.74. The summed E-state index contributed by atoms with van der Waals surface area (Å²) in [6.07, 6.45) is 3.78. The Morgan fingerprint density at radius 1 is 1.50 bits per heavy atom. The number of nitrogens with one attached hydrogen (secondary N) is 1. The molecule has 0 radical (unpaired) electrons. The zero-order valence-corrected chi connectivity index (χ0v) is 11.7. The number of esters is 1. The van der Waals surface area contributed by atoms with Crippen LogP contribution in [0.1, 0.15) is 38.3 Å². The molecule has 5 heteroatoms. The summed E-state index contributed by atoms with van der Waals surface area (Å²) in [5, 5.41) is 12.0. The molecule has 1 heterocycles. The Balaban J connectivity index is 2.06. The van der Waals surface area contributed by atoms with Crippen molar-refractivity contribution in [3.8, 4) is 6.07 Å². The smallest absolute Gasteiger partial charge is 0.313 e. The lowest BCUT2D eigenvalue weighted by Gasteiger charge is -2.26. The van der Waals surface area contributed by atoms with Gasteiger partial charge in [0.15, 0.2) is 0 Å². The van der Waals surface area contributed by atoms with E-state index < -0.39 is 5.41 Å². The number of anilines is 1. The van der Waals surface area contributed by atoms with Crippen LogP contribution in [0.4, 0.5) is 5.82 Å². The topological polar surface area (TPSA) is 75.0 Å². The minimum absolute atomic E-state index is 0.124. The molecule has 2 rings (SSSR count). The van der Waals surface area contributed by atoms with Crippen molar-refractivity contribution in [2.45, 2.75) is 32.6 Å². The van der Waals surface area contributed by atoms with Gasteiger partial charge in [0.1, 0.15) is 17.6 Å². The van der Waals surface area contributed by atoms with Gasteiger partial charge in [0.25, 0.3) is 0 Å². The maximum absolute atomic E-state index is 12.2. The molecule has 1 aromatic rings.